The van der Waals surface area contributed by atoms with Crippen molar-refractivity contribution < 1.29 is 13.5 Å². The smallest absolute Gasteiger partial charge is 0.306 e. The van der Waals surface area contributed by atoms with E-state index in [0.717, 1.165) is 31.9 Å². The first-order chi connectivity index (χ1) is 16.4. The molecule has 3 aromatic rings. The second kappa shape index (κ2) is 10.0. The molecule has 0 radical (unpaired) electrons. The van der Waals surface area contributed by atoms with Gasteiger partial charge in [-0.1, -0.05) is 35.4 Å². The molecule has 34 heavy (non-hydrogen) atoms. The van der Waals surface area contributed by atoms with E-state index in [9.17, 15) is 18.3 Å². The standard InChI is InChI=1S/C23H24N6O4S/c24-26-25-16-18-6-8-21(9-7-18)34(32,33)29-11-10-19(22(30)23(29)31)17-27-12-14-28(15-13-27)20-4-2-1-3-5-20/h1-11,30H,12-17H2. The fourth-order valence-electron chi connectivity index (χ4n) is 3.90. The zero-order chi connectivity index (χ0) is 24.1. The predicted molar refractivity (Wildman–Crippen MR) is 128 cm³/mol. The number of aromatic nitrogens is 1. The zero-order valence-electron chi connectivity index (χ0n) is 18.4. The van der Waals surface area contributed by atoms with E-state index < -0.39 is 21.3 Å². The summed E-state index contributed by atoms with van der Waals surface area (Å²) >= 11 is 0. The molecule has 1 aliphatic rings. The minimum Gasteiger partial charge on any atom is -0.503 e. The molecule has 2 aromatic carbocycles. The average molecular weight is 481 g/mol. The number of hydrogen-bond acceptors (Lipinski definition) is 7. The summed E-state index contributed by atoms with van der Waals surface area (Å²) in [6, 6.07) is 17.3. The minimum absolute atomic E-state index is 0.0892. The lowest BCUT2D eigenvalue weighted by atomic mass is 10.2. The van der Waals surface area contributed by atoms with Crippen molar-refractivity contribution >= 4 is 15.7 Å². The van der Waals surface area contributed by atoms with Gasteiger partial charge in [0.15, 0.2) is 5.75 Å². The molecule has 0 spiro atoms. The molecule has 1 N–H and O–H groups in total. The third-order valence-electron chi connectivity index (χ3n) is 5.80. The van der Waals surface area contributed by atoms with Gasteiger partial charge in [0.1, 0.15) is 0 Å². The summed E-state index contributed by atoms with van der Waals surface area (Å²) in [5.74, 6) is -0.573. The molecule has 2 heterocycles. The van der Waals surface area contributed by atoms with Crippen LogP contribution < -0.4 is 10.5 Å². The topological polar surface area (TPSA) is 132 Å². The Balaban J connectivity index is 1.48. The Bertz CT molecular complexity index is 1360. The summed E-state index contributed by atoms with van der Waals surface area (Å²) < 4.78 is 26.5. The van der Waals surface area contributed by atoms with Crippen molar-refractivity contribution in [2.24, 2.45) is 5.11 Å². The summed E-state index contributed by atoms with van der Waals surface area (Å²) in [5, 5.41) is 13.9. The quantitative estimate of drug-likeness (QED) is 0.314. The highest BCUT2D eigenvalue weighted by atomic mass is 32.2. The predicted octanol–water partition coefficient (Wildman–Crippen LogP) is 2.92. The van der Waals surface area contributed by atoms with Crippen molar-refractivity contribution in [2.45, 2.75) is 18.0 Å². The van der Waals surface area contributed by atoms with Crippen LogP contribution >= 0.6 is 0 Å². The number of nitrogens with zero attached hydrogens (tertiary/aromatic N) is 6. The van der Waals surface area contributed by atoms with Crippen LogP contribution in [0.25, 0.3) is 10.4 Å². The van der Waals surface area contributed by atoms with Crippen LogP contribution in [0, 0.1) is 0 Å². The van der Waals surface area contributed by atoms with Crippen LogP contribution in [-0.2, 0) is 23.1 Å². The number of para-hydroxylation sites is 1. The molecule has 1 fully saturated rings. The van der Waals surface area contributed by atoms with Crippen molar-refractivity contribution in [3.05, 3.63) is 98.8 Å². The molecule has 0 aliphatic carbocycles. The molecule has 0 unspecified atom stereocenters. The van der Waals surface area contributed by atoms with E-state index in [2.05, 4.69) is 32.0 Å². The first-order valence-corrected chi connectivity index (χ1v) is 12.2. The Labute approximate surface area is 197 Å². The number of rotatable bonds is 7. The van der Waals surface area contributed by atoms with Crippen LogP contribution in [-0.4, -0.2) is 48.6 Å². The van der Waals surface area contributed by atoms with Crippen LogP contribution in [0.15, 0.2) is 81.7 Å². The van der Waals surface area contributed by atoms with Gasteiger partial charge >= 0.3 is 5.56 Å². The van der Waals surface area contributed by atoms with E-state index in [1.807, 2.05) is 18.2 Å². The number of hydrogen-bond donors (Lipinski definition) is 1. The maximum Gasteiger partial charge on any atom is 0.306 e. The number of piperazine rings is 1. The molecule has 11 heteroatoms. The fourth-order valence-corrected chi connectivity index (χ4v) is 5.13. The molecule has 176 valence electrons. The molecule has 1 aliphatic heterocycles. The Morgan fingerprint density at radius 2 is 1.65 bits per heavy atom. The van der Waals surface area contributed by atoms with E-state index in [1.54, 1.807) is 0 Å². The zero-order valence-corrected chi connectivity index (χ0v) is 19.2. The highest BCUT2D eigenvalue weighted by Crippen LogP contribution is 2.21. The number of pyridine rings is 1. The summed E-state index contributed by atoms with van der Waals surface area (Å²) in [6.07, 6.45) is 1.18. The molecule has 0 saturated carbocycles. The van der Waals surface area contributed by atoms with E-state index in [-0.39, 0.29) is 11.4 Å². The lowest BCUT2D eigenvalue weighted by Gasteiger charge is -2.36. The van der Waals surface area contributed by atoms with Gasteiger partial charge in [0.05, 0.1) is 11.4 Å². The highest BCUT2D eigenvalue weighted by molar-refractivity contribution is 7.90. The second-order valence-electron chi connectivity index (χ2n) is 7.93. The lowest BCUT2D eigenvalue weighted by molar-refractivity contribution is 0.246. The van der Waals surface area contributed by atoms with Crippen molar-refractivity contribution in [3.63, 3.8) is 0 Å². The van der Waals surface area contributed by atoms with E-state index in [1.165, 1.54) is 36.5 Å². The number of anilines is 1. The van der Waals surface area contributed by atoms with Crippen LogP contribution in [0.2, 0.25) is 0 Å². The van der Waals surface area contributed by atoms with Gasteiger partial charge in [-0.15, -0.1) is 0 Å². The van der Waals surface area contributed by atoms with Crippen molar-refractivity contribution in [3.8, 4) is 5.75 Å². The van der Waals surface area contributed by atoms with Crippen LogP contribution in [0.3, 0.4) is 0 Å². The fraction of sp³-hybridized carbons (Fsp3) is 0.261. The Morgan fingerprint density at radius 1 is 0.971 bits per heavy atom. The Morgan fingerprint density at radius 3 is 2.29 bits per heavy atom. The summed E-state index contributed by atoms with van der Waals surface area (Å²) in [6.45, 7) is 3.55. The third kappa shape index (κ3) is 4.91. The molecular formula is C23H24N6O4S. The monoisotopic (exact) mass is 480 g/mol. The van der Waals surface area contributed by atoms with E-state index in [0.29, 0.717) is 21.6 Å². The molecule has 10 nitrogen and oxygen atoms in total. The summed E-state index contributed by atoms with van der Waals surface area (Å²) in [7, 11) is -4.20. The number of azide groups is 1. The van der Waals surface area contributed by atoms with Gasteiger partial charge < -0.3 is 10.0 Å². The van der Waals surface area contributed by atoms with Gasteiger partial charge in [-0.3, -0.25) is 9.69 Å². The first kappa shape index (κ1) is 23.4. The molecule has 0 atom stereocenters. The maximum atomic E-state index is 13.0. The molecular weight excluding hydrogens is 456 g/mol. The Hall–Kier alpha value is -3.79. The molecule has 0 amide bonds. The lowest BCUT2D eigenvalue weighted by Crippen LogP contribution is -2.46. The average Bonchev–Trinajstić information content (AvgIpc) is 2.86. The highest BCUT2D eigenvalue weighted by Gasteiger charge is 2.23. The van der Waals surface area contributed by atoms with Gasteiger partial charge in [-0.25, -0.2) is 12.4 Å². The van der Waals surface area contributed by atoms with Crippen LogP contribution in [0.1, 0.15) is 11.1 Å². The van der Waals surface area contributed by atoms with Crippen molar-refractivity contribution in [1.29, 1.82) is 0 Å². The largest absolute Gasteiger partial charge is 0.503 e. The van der Waals surface area contributed by atoms with Crippen LogP contribution in [0.4, 0.5) is 5.69 Å². The normalized spacial score (nSPS) is 14.5. The molecule has 0 bridgehead atoms. The summed E-state index contributed by atoms with van der Waals surface area (Å²) in [5.41, 5.74) is 9.58. The maximum absolute atomic E-state index is 13.0. The van der Waals surface area contributed by atoms with Gasteiger partial charge in [0.2, 0.25) is 0 Å². The first-order valence-electron chi connectivity index (χ1n) is 10.7. The van der Waals surface area contributed by atoms with E-state index in [4.69, 9.17) is 5.53 Å². The van der Waals surface area contributed by atoms with Crippen LogP contribution in [0.5, 0.6) is 5.75 Å². The number of benzene rings is 2. The van der Waals surface area contributed by atoms with Gasteiger partial charge in [0.25, 0.3) is 10.0 Å². The number of aromatic hydroxyl groups is 1. The van der Waals surface area contributed by atoms with Crippen molar-refractivity contribution in [1.82, 2.24) is 8.87 Å². The molecule has 1 aromatic heterocycles. The minimum atomic E-state index is -4.20. The van der Waals surface area contributed by atoms with Gasteiger partial charge in [-0.05, 0) is 41.4 Å². The second-order valence-corrected chi connectivity index (χ2v) is 9.74. The molecule has 4 rings (SSSR count). The third-order valence-corrected chi connectivity index (χ3v) is 7.48. The SMILES string of the molecule is [N-]=[N+]=NCc1ccc(S(=O)(=O)n2ccc(CN3CCN(c4ccccc4)CC3)c(O)c2=O)cc1. The van der Waals surface area contributed by atoms with Gasteiger partial charge in [-0.2, -0.15) is 0 Å². The van der Waals surface area contributed by atoms with E-state index >= 15 is 0 Å². The summed E-state index contributed by atoms with van der Waals surface area (Å²) in [4.78, 5) is 19.7. The Kier molecular flexibility index (Phi) is 6.87. The molecule has 1 saturated heterocycles. The van der Waals surface area contributed by atoms with Crippen molar-refractivity contribution in [2.75, 3.05) is 31.1 Å². The van der Waals surface area contributed by atoms with Gasteiger partial charge in [0, 0.05) is 55.1 Å².